The van der Waals surface area contributed by atoms with Crippen molar-refractivity contribution in [1.82, 2.24) is 0 Å². The third kappa shape index (κ3) is 4.79. The highest BCUT2D eigenvalue weighted by molar-refractivity contribution is 7.17. The first-order valence-electron chi connectivity index (χ1n) is 9.69. The standard InChI is InChI=1S/C22H25Cl2NO3S/c1-5-28-21(27)18-15-8-6-12(22(2,3)4)10-17(15)29-20(18)25-19(26)14-9-7-13(23)11-16(14)24/h7,9,11-12H,5-6,8,10H2,1-4H3,(H,25,26)/t12-/m0/s1. The van der Waals surface area contributed by atoms with E-state index < -0.39 is 5.97 Å². The van der Waals surface area contributed by atoms with Gasteiger partial charge in [-0.1, -0.05) is 44.0 Å². The Kier molecular flexibility index (Phi) is 6.61. The van der Waals surface area contributed by atoms with E-state index in [-0.39, 0.29) is 23.0 Å². The molecule has 2 aromatic rings. The molecule has 1 aliphatic rings. The van der Waals surface area contributed by atoms with Gasteiger partial charge < -0.3 is 10.1 Å². The predicted octanol–water partition coefficient (Wildman–Crippen LogP) is 6.63. The Balaban J connectivity index is 1.96. The lowest BCUT2D eigenvalue weighted by Crippen LogP contribution is -2.26. The van der Waals surface area contributed by atoms with Crippen LogP contribution >= 0.6 is 34.5 Å². The average Bonchev–Trinajstić information content (AvgIpc) is 2.97. The van der Waals surface area contributed by atoms with Crippen molar-refractivity contribution in [3.8, 4) is 0 Å². The lowest BCUT2D eigenvalue weighted by molar-refractivity contribution is 0.0526. The molecule has 0 bridgehead atoms. The summed E-state index contributed by atoms with van der Waals surface area (Å²) in [5.74, 6) is -0.238. The van der Waals surface area contributed by atoms with Gasteiger partial charge in [0.1, 0.15) is 5.00 Å². The van der Waals surface area contributed by atoms with Gasteiger partial charge in [0, 0.05) is 9.90 Å². The fraction of sp³-hybridized carbons (Fsp3) is 0.455. The maximum absolute atomic E-state index is 12.8. The number of benzene rings is 1. The van der Waals surface area contributed by atoms with Gasteiger partial charge in [0.2, 0.25) is 0 Å². The summed E-state index contributed by atoms with van der Waals surface area (Å²) in [6, 6.07) is 4.72. The van der Waals surface area contributed by atoms with Crippen molar-refractivity contribution in [2.75, 3.05) is 11.9 Å². The summed E-state index contributed by atoms with van der Waals surface area (Å²) in [6.45, 7) is 8.79. The molecule has 0 saturated heterocycles. The highest BCUT2D eigenvalue weighted by atomic mass is 35.5. The SMILES string of the molecule is CCOC(=O)c1c(NC(=O)c2ccc(Cl)cc2Cl)sc2c1CC[C@H](C(C)(C)C)C2. The van der Waals surface area contributed by atoms with E-state index in [0.29, 0.717) is 27.1 Å². The van der Waals surface area contributed by atoms with E-state index in [9.17, 15) is 9.59 Å². The van der Waals surface area contributed by atoms with E-state index in [0.717, 1.165) is 29.7 Å². The number of hydrogen-bond acceptors (Lipinski definition) is 4. The first kappa shape index (κ1) is 22.1. The van der Waals surface area contributed by atoms with Crippen molar-refractivity contribution >= 4 is 51.4 Å². The topological polar surface area (TPSA) is 55.4 Å². The van der Waals surface area contributed by atoms with Crippen LogP contribution in [0.5, 0.6) is 0 Å². The molecule has 0 aliphatic heterocycles. The number of thiophene rings is 1. The van der Waals surface area contributed by atoms with E-state index in [4.69, 9.17) is 27.9 Å². The minimum Gasteiger partial charge on any atom is -0.462 e. The monoisotopic (exact) mass is 453 g/mol. The van der Waals surface area contributed by atoms with Crippen LogP contribution in [0.3, 0.4) is 0 Å². The number of esters is 1. The summed E-state index contributed by atoms with van der Waals surface area (Å²) in [5.41, 5.74) is 1.99. The summed E-state index contributed by atoms with van der Waals surface area (Å²) in [4.78, 5) is 26.7. The molecule has 1 aliphatic carbocycles. The Labute approximate surface area is 185 Å². The van der Waals surface area contributed by atoms with Crippen molar-refractivity contribution in [3.63, 3.8) is 0 Å². The van der Waals surface area contributed by atoms with Crippen molar-refractivity contribution in [2.45, 2.75) is 47.0 Å². The molecule has 1 aromatic carbocycles. The third-order valence-electron chi connectivity index (χ3n) is 5.37. The third-order valence-corrected chi connectivity index (χ3v) is 7.09. The molecule has 0 unspecified atom stereocenters. The molecule has 1 atom stereocenters. The van der Waals surface area contributed by atoms with Gasteiger partial charge in [0.15, 0.2) is 0 Å². The van der Waals surface area contributed by atoms with Gasteiger partial charge in [0.05, 0.1) is 22.8 Å². The molecule has 1 aromatic heterocycles. The minimum absolute atomic E-state index is 0.187. The zero-order chi connectivity index (χ0) is 21.3. The maximum Gasteiger partial charge on any atom is 0.341 e. The smallest absolute Gasteiger partial charge is 0.341 e. The molecule has 29 heavy (non-hydrogen) atoms. The first-order chi connectivity index (χ1) is 13.6. The molecular weight excluding hydrogens is 429 g/mol. The lowest BCUT2D eigenvalue weighted by Gasteiger charge is -2.33. The zero-order valence-corrected chi connectivity index (χ0v) is 19.4. The highest BCUT2D eigenvalue weighted by Crippen LogP contribution is 2.44. The molecule has 1 amide bonds. The van der Waals surface area contributed by atoms with Crippen molar-refractivity contribution in [1.29, 1.82) is 0 Å². The van der Waals surface area contributed by atoms with Gasteiger partial charge in [-0.2, -0.15) is 0 Å². The summed E-state index contributed by atoms with van der Waals surface area (Å²) in [7, 11) is 0. The Bertz CT molecular complexity index is 946. The second kappa shape index (κ2) is 8.66. The van der Waals surface area contributed by atoms with Crippen LogP contribution in [-0.4, -0.2) is 18.5 Å². The number of carbonyl (C=O) groups excluding carboxylic acids is 2. The molecule has 1 N–H and O–H groups in total. The van der Waals surface area contributed by atoms with Gasteiger partial charge in [-0.05, 0) is 61.3 Å². The van der Waals surface area contributed by atoms with Crippen LogP contribution in [0.15, 0.2) is 18.2 Å². The largest absolute Gasteiger partial charge is 0.462 e. The van der Waals surface area contributed by atoms with Crippen LogP contribution in [0, 0.1) is 11.3 Å². The number of fused-ring (bicyclic) bond motifs is 1. The number of ether oxygens (including phenoxy) is 1. The second-order valence-electron chi connectivity index (χ2n) is 8.31. The van der Waals surface area contributed by atoms with Gasteiger partial charge in [-0.15, -0.1) is 11.3 Å². The fourth-order valence-corrected chi connectivity index (χ4v) is 5.48. The van der Waals surface area contributed by atoms with Crippen LogP contribution < -0.4 is 5.32 Å². The Hall–Kier alpha value is -1.56. The molecule has 0 saturated carbocycles. The van der Waals surface area contributed by atoms with Crippen LogP contribution in [0.4, 0.5) is 5.00 Å². The van der Waals surface area contributed by atoms with E-state index in [1.165, 1.54) is 17.4 Å². The van der Waals surface area contributed by atoms with E-state index >= 15 is 0 Å². The molecule has 3 rings (SSSR count). The van der Waals surface area contributed by atoms with E-state index in [1.807, 2.05) is 0 Å². The van der Waals surface area contributed by atoms with E-state index in [2.05, 4.69) is 26.1 Å². The Morgan fingerprint density at radius 3 is 2.62 bits per heavy atom. The zero-order valence-electron chi connectivity index (χ0n) is 17.0. The Morgan fingerprint density at radius 1 is 1.28 bits per heavy atom. The fourth-order valence-electron chi connectivity index (χ4n) is 3.68. The van der Waals surface area contributed by atoms with Gasteiger partial charge in [0.25, 0.3) is 5.91 Å². The van der Waals surface area contributed by atoms with Crippen LogP contribution in [-0.2, 0) is 17.6 Å². The molecule has 1 heterocycles. The molecule has 156 valence electrons. The quantitative estimate of drug-likeness (QED) is 0.528. The molecule has 0 fully saturated rings. The van der Waals surface area contributed by atoms with Crippen LogP contribution in [0.25, 0.3) is 0 Å². The average molecular weight is 454 g/mol. The lowest BCUT2D eigenvalue weighted by atomic mass is 9.72. The van der Waals surface area contributed by atoms with Crippen molar-refractivity contribution in [3.05, 3.63) is 49.8 Å². The summed E-state index contributed by atoms with van der Waals surface area (Å²) < 4.78 is 5.29. The molecule has 7 heteroatoms. The van der Waals surface area contributed by atoms with Gasteiger partial charge in [-0.3, -0.25) is 4.79 Å². The van der Waals surface area contributed by atoms with Gasteiger partial charge >= 0.3 is 5.97 Å². The Morgan fingerprint density at radius 2 is 2.00 bits per heavy atom. The number of amides is 1. The van der Waals surface area contributed by atoms with Crippen LogP contribution in [0.2, 0.25) is 10.0 Å². The summed E-state index contributed by atoms with van der Waals surface area (Å²) >= 11 is 13.6. The predicted molar refractivity (Wildman–Crippen MR) is 120 cm³/mol. The molecule has 0 radical (unpaired) electrons. The first-order valence-corrected chi connectivity index (χ1v) is 11.3. The summed E-state index contributed by atoms with van der Waals surface area (Å²) in [5, 5.41) is 4.14. The maximum atomic E-state index is 12.8. The molecular formula is C22H25Cl2NO3S. The van der Waals surface area contributed by atoms with Crippen molar-refractivity contribution < 1.29 is 14.3 Å². The summed E-state index contributed by atoms with van der Waals surface area (Å²) in [6.07, 6.45) is 2.71. The highest BCUT2D eigenvalue weighted by Gasteiger charge is 2.34. The number of nitrogens with one attached hydrogen (secondary N) is 1. The number of rotatable bonds is 4. The molecule has 4 nitrogen and oxygen atoms in total. The number of halogens is 2. The van der Waals surface area contributed by atoms with Gasteiger partial charge in [-0.25, -0.2) is 4.79 Å². The van der Waals surface area contributed by atoms with Crippen molar-refractivity contribution in [2.24, 2.45) is 11.3 Å². The second-order valence-corrected chi connectivity index (χ2v) is 10.3. The number of hydrogen-bond donors (Lipinski definition) is 1. The normalized spacial score (nSPS) is 16.3. The molecule has 0 spiro atoms. The van der Waals surface area contributed by atoms with E-state index in [1.54, 1.807) is 19.1 Å². The number of anilines is 1. The number of carbonyl (C=O) groups is 2. The minimum atomic E-state index is -0.392. The van der Waals surface area contributed by atoms with Crippen LogP contribution in [0.1, 0.15) is 65.3 Å².